The number of amides is 2. The number of carbonyl (C=O) groups is 1. The maximum Gasteiger partial charge on any atom is 0.416 e. The number of hydrogen-bond acceptors (Lipinski definition) is 7. The van der Waals surface area contributed by atoms with Crippen LogP contribution in [-0.2, 0) is 12.4 Å². The summed E-state index contributed by atoms with van der Waals surface area (Å²) in [5, 5.41) is 19.8. The van der Waals surface area contributed by atoms with Crippen molar-refractivity contribution >= 4 is 23.4 Å². The molecule has 0 atom stereocenters. The number of aliphatic hydroxyl groups excluding tert-OH is 1. The van der Waals surface area contributed by atoms with Crippen LogP contribution in [0.25, 0.3) is 0 Å². The lowest BCUT2D eigenvalue weighted by Crippen LogP contribution is -2.50. The zero-order chi connectivity index (χ0) is 27.5. The number of aliphatic hydroxyl groups is 1. The molecule has 2 N–H and O–H groups in total. The number of hydrogen-bond donors (Lipinski definition) is 2. The first-order chi connectivity index (χ1) is 17.9. The van der Waals surface area contributed by atoms with Crippen molar-refractivity contribution in [2.24, 2.45) is 0 Å². The number of piperazine rings is 2. The molecule has 3 heterocycles. The van der Waals surface area contributed by atoms with E-state index in [9.17, 15) is 31.1 Å². The minimum atomic E-state index is -5.00. The van der Waals surface area contributed by atoms with Gasteiger partial charge in [0, 0.05) is 64.6 Å². The first kappa shape index (κ1) is 27.7. The van der Waals surface area contributed by atoms with Gasteiger partial charge in [-0.3, -0.25) is 4.90 Å². The second-order valence-electron chi connectivity index (χ2n) is 9.00. The van der Waals surface area contributed by atoms with Crippen molar-refractivity contribution in [2.45, 2.75) is 12.4 Å². The topological polar surface area (TPSA) is 88.1 Å². The normalized spacial score (nSPS) is 17.6. The number of alkyl halides is 6. The van der Waals surface area contributed by atoms with Crippen LogP contribution in [0.1, 0.15) is 11.1 Å². The molecule has 1 aromatic heterocycles. The van der Waals surface area contributed by atoms with Crippen LogP contribution in [0, 0.1) is 0 Å². The van der Waals surface area contributed by atoms with E-state index < -0.39 is 35.2 Å². The molecule has 2 fully saturated rings. The third kappa shape index (κ3) is 6.75. The van der Waals surface area contributed by atoms with Gasteiger partial charge in [0.2, 0.25) is 0 Å². The van der Waals surface area contributed by atoms with E-state index in [1.807, 2.05) is 17.0 Å². The van der Waals surface area contributed by atoms with E-state index >= 15 is 0 Å². The average Bonchev–Trinajstić information content (AvgIpc) is 2.88. The van der Waals surface area contributed by atoms with Gasteiger partial charge < -0.3 is 25.1 Å². The third-order valence-electron chi connectivity index (χ3n) is 6.48. The van der Waals surface area contributed by atoms with Gasteiger partial charge >= 0.3 is 18.4 Å². The maximum atomic E-state index is 13.1. The molecule has 2 aliphatic rings. The van der Waals surface area contributed by atoms with Crippen molar-refractivity contribution < 1.29 is 36.2 Å². The fourth-order valence-corrected chi connectivity index (χ4v) is 4.37. The van der Waals surface area contributed by atoms with Crippen molar-refractivity contribution in [3.05, 3.63) is 41.5 Å². The number of nitrogens with one attached hydrogen (secondary N) is 1. The highest BCUT2D eigenvalue weighted by Gasteiger charge is 2.37. The number of carbonyl (C=O) groups excluding carboxylic acids is 1. The van der Waals surface area contributed by atoms with Crippen LogP contribution < -0.4 is 15.1 Å². The Hall–Kier alpha value is -3.33. The largest absolute Gasteiger partial charge is 0.416 e. The number of anilines is 3. The summed E-state index contributed by atoms with van der Waals surface area (Å²) in [7, 11) is 0. The third-order valence-corrected chi connectivity index (χ3v) is 6.48. The van der Waals surface area contributed by atoms with Gasteiger partial charge in [-0.2, -0.15) is 26.3 Å². The summed E-state index contributed by atoms with van der Waals surface area (Å²) in [5.74, 6) is 1.33. The van der Waals surface area contributed by atoms with Crippen molar-refractivity contribution in [1.29, 1.82) is 0 Å². The van der Waals surface area contributed by atoms with Crippen LogP contribution in [-0.4, -0.2) is 96.6 Å². The van der Waals surface area contributed by atoms with Gasteiger partial charge in [-0.25, -0.2) is 4.79 Å². The molecule has 0 spiro atoms. The van der Waals surface area contributed by atoms with E-state index in [0.29, 0.717) is 37.6 Å². The molecule has 15 heteroatoms. The Balaban J connectivity index is 1.33. The Morgan fingerprint density at radius 3 is 1.68 bits per heavy atom. The number of rotatable bonds is 5. The highest BCUT2D eigenvalue weighted by atomic mass is 19.4. The predicted octanol–water partition coefficient (Wildman–Crippen LogP) is 2.98. The molecule has 0 bridgehead atoms. The SMILES string of the molecule is O=C(Nc1cc(C(F)(F)F)cc(C(F)(F)F)c1)N1CCN(c2ccc(N3CCN(CCO)CC3)nn2)CC1. The number of aromatic nitrogens is 2. The zero-order valence-electron chi connectivity index (χ0n) is 20.3. The predicted molar refractivity (Wildman–Crippen MR) is 127 cm³/mol. The van der Waals surface area contributed by atoms with Gasteiger partial charge in [0.15, 0.2) is 11.6 Å². The van der Waals surface area contributed by atoms with Gasteiger partial charge in [-0.1, -0.05) is 0 Å². The highest BCUT2D eigenvalue weighted by Crippen LogP contribution is 2.37. The van der Waals surface area contributed by atoms with Crippen LogP contribution in [0.15, 0.2) is 30.3 Å². The number of urea groups is 1. The van der Waals surface area contributed by atoms with Gasteiger partial charge in [0.1, 0.15) is 0 Å². The minimum Gasteiger partial charge on any atom is -0.395 e. The number of benzene rings is 1. The van der Waals surface area contributed by atoms with Crippen LogP contribution in [0.4, 0.5) is 48.5 Å². The van der Waals surface area contributed by atoms with E-state index in [2.05, 4.69) is 25.3 Å². The molecule has 0 unspecified atom stereocenters. The van der Waals surface area contributed by atoms with Crippen LogP contribution in [0.2, 0.25) is 0 Å². The van der Waals surface area contributed by atoms with Gasteiger partial charge in [-0.05, 0) is 30.3 Å². The fraction of sp³-hybridized carbons (Fsp3) is 0.522. The molecule has 2 aromatic rings. The smallest absolute Gasteiger partial charge is 0.395 e. The minimum absolute atomic E-state index is 0.0119. The van der Waals surface area contributed by atoms with Gasteiger partial charge in [0.25, 0.3) is 0 Å². The first-order valence-corrected chi connectivity index (χ1v) is 12.0. The first-order valence-electron chi connectivity index (χ1n) is 12.0. The van der Waals surface area contributed by atoms with E-state index in [0.717, 1.165) is 32.0 Å². The number of nitrogens with zero attached hydrogens (tertiary/aromatic N) is 6. The number of β-amino-alcohol motifs (C(OH)–C–C–N with tert-alkyl or cyclic N) is 1. The molecule has 0 aliphatic carbocycles. The molecule has 1 aromatic carbocycles. The second kappa shape index (κ2) is 11.2. The van der Waals surface area contributed by atoms with Crippen molar-refractivity contribution in [3.8, 4) is 0 Å². The van der Waals surface area contributed by atoms with E-state index in [4.69, 9.17) is 5.11 Å². The summed E-state index contributed by atoms with van der Waals surface area (Å²) >= 11 is 0. The molecular weight excluding hydrogens is 520 g/mol. The van der Waals surface area contributed by atoms with Crippen LogP contribution in [0.5, 0.6) is 0 Å². The van der Waals surface area contributed by atoms with Crippen molar-refractivity contribution in [1.82, 2.24) is 20.0 Å². The highest BCUT2D eigenvalue weighted by molar-refractivity contribution is 5.89. The van der Waals surface area contributed by atoms with Crippen molar-refractivity contribution in [3.63, 3.8) is 0 Å². The summed E-state index contributed by atoms with van der Waals surface area (Å²) in [6.45, 7) is 4.99. The zero-order valence-corrected chi connectivity index (χ0v) is 20.3. The summed E-state index contributed by atoms with van der Waals surface area (Å²) in [4.78, 5) is 20.1. The summed E-state index contributed by atoms with van der Waals surface area (Å²) < 4.78 is 78.5. The molecule has 4 rings (SSSR count). The Kier molecular flexibility index (Phi) is 8.16. The van der Waals surface area contributed by atoms with Gasteiger partial charge in [0.05, 0.1) is 17.7 Å². The van der Waals surface area contributed by atoms with Crippen LogP contribution in [0.3, 0.4) is 0 Å². The summed E-state index contributed by atoms with van der Waals surface area (Å²) in [6, 6.07) is 3.85. The monoisotopic (exact) mass is 547 g/mol. The quantitative estimate of drug-likeness (QED) is 0.557. The standard InChI is InChI=1S/C23H27F6N7O2/c24-22(25,26)16-13-17(23(27,28)29)15-18(14-16)30-21(38)36-9-7-35(8-10-36)20-2-1-19(31-32-20)34-5-3-33(4-6-34)11-12-37/h1-2,13-15,37H,3-12H2,(H,30,38). The van der Waals surface area contributed by atoms with Crippen molar-refractivity contribution in [2.75, 3.05) is 80.6 Å². The maximum absolute atomic E-state index is 13.1. The lowest BCUT2D eigenvalue weighted by molar-refractivity contribution is -0.143. The van der Waals surface area contributed by atoms with Crippen LogP contribution >= 0.6 is 0 Å². The molecule has 0 radical (unpaired) electrons. The summed E-state index contributed by atoms with van der Waals surface area (Å²) in [6.07, 6.45) is -10.0. The van der Waals surface area contributed by atoms with Gasteiger partial charge in [-0.15, -0.1) is 10.2 Å². The van der Waals surface area contributed by atoms with E-state index in [1.165, 1.54) is 4.90 Å². The lowest BCUT2D eigenvalue weighted by atomic mass is 10.1. The number of halogens is 6. The second-order valence-corrected chi connectivity index (χ2v) is 9.00. The molecule has 208 valence electrons. The fourth-order valence-electron chi connectivity index (χ4n) is 4.37. The average molecular weight is 548 g/mol. The molecule has 2 saturated heterocycles. The summed E-state index contributed by atoms with van der Waals surface area (Å²) in [5.41, 5.74) is -3.58. The molecular formula is C23H27F6N7O2. The Morgan fingerprint density at radius 1 is 0.789 bits per heavy atom. The molecule has 0 saturated carbocycles. The molecule has 2 aliphatic heterocycles. The lowest BCUT2D eigenvalue weighted by Gasteiger charge is -2.36. The Bertz CT molecular complexity index is 1060. The molecule has 9 nitrogen and oxygen atoms in total. The Labute approximate surface area is 214 Å². The Morgan fingerprint density at radius 2 is 1.26 bits per heavy atom. The van der Waals surface area contributed by atoms with E-state index in [-0.39, 0.29) is 25.8 Å². The molecule has 2 amide bonds. The van der Waals surface area contributed by atoms with E-state index in [1.54, 1.807) is 0 Å². The molecule has 38 heavy (non-hydrogen) atoms.